The van der Waals surface area contributed by atoms with Crippen molar-refractivity contribution in [3.05, 3.63) is 67.4 Å². The van der Waals surface area contributed by atoms with Crippen LogP contribution in [0.4, 0.5) is 0 Å². The Hall–Kier alpha value is -2.34. The molecule has 0 bridgehead atoms. The van der Waals surface area contributed by atoms with Crippen molar-refractivity contribution in [1.29, 1.82) is 0 Å². The fourth-order valence-electron chi connectivity index (χ4n) is 3.23. The zero-order valence-corrected chi connectivity index (χ0v) is 14.8. The highest BCUT2D eigenvalue weighted by atomic mass is 35.5. The number of rotatable bonds is 3. The van der Waals surface area contributed by atoms with Crippen LogP contribution in [0.1, 0.15) is 29.9 Å². The van der Waals surface area contributed by atoms with Gasteiger partial charge >= 0.3 is 5.69 Å². The van der Waals surface area contributed by atoms with Crippen LogP contribution >= 0.6 is 11.6 Å². The number of aromatic nitrogens is 2. The lowest BCUT2D eigenvalue weighted by Crippen LogP contribution is -2.42. The first-order valence-electron chi connectivity index (χ1n) is 8.26. The fourth-order valence-corrected chi connectivity index (χ4v) is 3.35. The number of nitrogens with zero attached hydrogens (tertiary/aromatic N) is 2. The molecule has 1 amide bonds. The Bertz CT molecular complexity index is 886. The second-order valence-corrected chi connectivity index (χ2v) is 6.83. The van der Waals surface area contributed by atoms with E-state index in [2.05, 4.69) is 4.98 Å². The van der Waals surface area contributed by atoms with Crippen molar-refractivity contribution >= 4 is 17.5 Å². The Morgan fingerprint density at radius 3 is 2.72 bits per heavy atom. The maximum absolute atomic E-state index is 12.6. The summed E-state index contributed by atoms with van der Waals surface area (Å²) < 4.78 is 0.981. The standard InChI is InChI=1S/C18H20ClN3O3/c1-21-17(24)14(10-20-18(21)25)9-16(23)22-8-2-3-13(11-22)12-4-6-15(19)7-5-12/h4-7,10,13H,2-3,8-9,11H2,1H3,(H,20,25). The average Bonchev–Trinajstić information content (AvgIpc) is 2.63. The lowest BCUT2D eigenvalue weighted by Gasteiger charge is -2.33. The number of carbonyl (C=O) groups is 1. The summed E-state index contributed by atoms with van der Waals surface area (Å²) in [7, 11) is 1.40. The molecule has 1 aromatic heterocycles. The van der Waals surface area contributed by atoms with Crippen molar-refractivity contribution in [2.45, 2.75) is 25.2 Å². The van der Waals surface area contributed by atoms with Crippen LogP contribution < -0.4 is 11.2 Å². The number of hydrogen-bond acceptors (Lipinski definition) is 3. The molecule has 0 aliphatic carbocycles. The van der Waals surface area contributed by atoms with E-state index in [0.29, 0.717) is 23.7 Å². The first kappa shape index (κ1) is 17.5. The molecule has 7 heteroatoms. The number of aromatic amines is 1. The largest absolute Gasteiger partial charge is 0.342 e. The highest BCUT2D eigenvalue weighted by Crippen LogP contribution is 2.28. The van der Waals surface area contributed by atoms with Crippen molar-refractivity contribution in [1.82, 2.24) is 14.5 Å². The summed E-state index contributed by atoms with van der Waals surface area (Å²) in [6.45, 7) is 1.32. The third-order valence-corrected chi connectivity index (χ3v) is 4.96. The predicted octanol–water partition coefficient (Wildman–Crippen LogP) is 1.68. The summed E-state index contributed by atoms with van der Waals surface area (Å²) in [6, 6.07) is 7.72. The van der Waals surface area contributed by atoms with E-state index < -0.39 is 11.2 Å². The minimum atomic E-state index is -0.484. The smallest absolute Gasteiger partial charge is 0.328 e. The van der Waals surface area contributed by atoms with Gasteiger partial charge in [-0.05, 0) is 30.5 Å². The molecule has 3 rings (SSSR count). The quantitative estimate of drug-likeness (QED) is 0.903. The molecule has 0 saturated carbocycles. The molecule has 132 valence electrons. The van der Waals surface area contributed by atoms with Gasteiger partial charge in [-0.25, -0.2) is 4.79 Å². The van der Waals surface area contributed by atoms with Crippen LogP contribution in [0.15, 0.2) is 40.1 Å². The normalized spacial score (nSPS) is 17.5. The monoisotopic (exact) mass is 361 g/mol. The zero-order valence-electron chi connectivity index (χ0n) is 14.0. The van der Waals surface area contributed by atoms with E-state index >= 15 is 0 Å². The van der Waals surface area contributed by atoms with Gasteiger partial charge in [0.1, 0.15) is 0 Å². The minimum Gasteiger partial charge on any atom is -0.342 e. The number of carbonyl (C=O) groups excluding carboxylic acids is 1. The number of benzene rings is 1. The van der Waals surface area contributed by atoms with Crippen LogP contribution in [0, 0.1) is 0 Å². The second-order valence-electron chi connectivity index (χ2n) is 6.39. The third-order valence-electron chi connectivity index (χ3n) is 4.71. The maximum atomic E-state index is 12.6. The van der Waals surface area contributed by atoms with Gasteiger partial charge < -0.3 is 9.88 Å². The van der Waals surface area contributed by atoms with Gasteiger partial charge in [-0.15, -0.1) is 0 Å². The summed E-state index contributed by atoms with van der Waals surface area (Å²) in [5.74, 6) is 0.177. The van der Waals surface area contributed by atoms with Crippen molar-refractivity contribution in [2.75, 3.05) is 13.1 Å². The molecule has 2 aromatic rings. The second kappa shape index (κ2) is 7.27. The van der Waals surface area contributed by atoms with E-state index in [4.69, 9.17) is 11.6 Å². The lowest BCUT2D eigenvalue weighted by atomic mass is 9.90. The molecule has 0 spiro atoms. The van der Waals surface area contributed by atoms with Gasteiger partial charge in [0.05, 0.1) is 6.42 Å². The minimum absolute atomic E-state index is 0.00318. The molecule has 1 aliphatic rings. The van der Waals surface area contributed by atoms with Gasteiger partial charge in [-0.2, -0.15) is 0 Å². The first-order chi connectivity index (χ1) is 12.0. The van der Waals surface area contributed by atoms with Gasteiger partial charge in [0.2, 0.25) is 5.91 Å². The van der Waals surface area contributed by atoms with Crippen molar-refractivity contribution in [3.8, 4) is 0 Å². The molecule has 1 aromatic carbocycles. The van der Waals surface area contributed by atoms with Crippen LogP contribution in [-0.2, 0) is 18.3 Å². The first-order valence-corrected chi connectivity index (χ1v) is 8.64. The number of nitrogens with one attached hydrogen (secondary N) is 1. The molecule has 0 radical (unpaired) electrons. The van der Waals surface area contributed by atoms with E-state index in [1.165, 1.54) is 18.8 Å². The highest BCUT2D eigenvalue weighted by molar-refractivity contribution is 6.30. The molecule has 2 heterocycles. The van der Waals surface area contributed by atoms with Crippen LogP contribution in [0.25, 0.3) is 0 Å². The summed E-state index contributed by atoms with van der Waals surface area (Å²) in [5, 5.41) is 0.696. The summed E-state index contributed by atoms with van der Waals surface area (Å²) in [5.41, 5.74) is 0.563. The van der Waals surface area contributed by atoms with E-state index in [-0.39, 0.29) is 18.2 Å². The molecule has 1 unspecified atom stereocenters. The Morgan fingerprint density at radius 2 is 2.00 bits per heavy atom. The molecule has 1 fully saturated rings. The Labute approximate surface area is 150 Å². The summed E-state index contributed by atoms with van der Waals surface area (Å²) in [6.07, 6.45) is 3.27. The van der Waals surface area contributed by atoms with Crippen LogP contribution in [-0.4, -0.2) is 33.4 Å². The number of halogens is 1. The van der Waals surface area contributed by atoms with Gasteiger partial charge in [-0.1, -0.05) is 23.7 Å². The van der Waals surface area contributed by atoms with Crippen molar-refractivity contribution in [3.63, 3.8) is 0 Å². The van der Waals surface area contributed by atoms with Crippen molar-refractivity contribution in [2.24, 2.45) is 7.05 Å². The number of piperidine rings is 1. The zero-order chi connectivity index (χ0) is 18.0. The molecule has 6 nitrogen and oxygen atoms in total. The Kier molecular flexibility index (Phi) is 5.08. The van der Waals surface area contributed by atoms with Gasteiger partial charge in [0.25, 0.3) is 5.56 Å². The van der Waals surface area contributed by atoms with Gasteiger partial charge in [0, 0.05) is 42.8 Å². The van der Waals surface area contributed by atoms with Crippen molar-refractivity contribution < 1.29 is 4.79 Å². The highest BCUT2D eigenvalue weighted by Gasteiger charge is 2.25. The van der Waals surface area contributed by atoms with Gasteiger partial charge in [-0.3, -0.25) is 14.2 Å². The Balaban J connectivity index is 1.72. The summed E-state index contributed by atoms with van der Waals surface area (Å²) >= 11 is 5.94. The topological polar surface area (TPSA) is 75.2 Å². The van der Waals surface area contributed by atoms with E-state index in [1.54, 1.807) is 4.90 Å². The number of likely N-dealkylation sites (tertiary alicyclic amines) is 1. The number of hydrogen-bond donors (Lipinski definition) is 1. The van der Waals surface area contributed by atoms with E-state index in [1.807, 2.05) is 24.3 Å². The SMILES string of the molecule is Cn1c(=O)[nH]cc(CC(=O)N2CCCC(c3ccc(Cl)cc3)C2)c1=O. The van der Waals surface area contributed by atoms with Crippen LogP contribution in [0.5, 0.6) is 0 Å². The summed E-state index contributed by atoms with van der Waals surface area (Å²) in [4.78, 5) is 40.4. The van der Waals surface area contributed by atoms with Crippen LogP contribution in [0.2, 0.25) is 5.02 Å². The lowest BCUT2D eigenvalue weighted by molar-refractivity contribution is -0.131. The molecule has 1 atom stereocenters. The number of H-pyrrole nitrogens is 1. The predicted molar refractivity (Wildman–Crippen MR) is 96.0 cm³/mol. The molecular formula is C18H20ClN3O3. The van der Waals surface area contributed by atoms with E-state index in [0.717, 1.165) is 17.4 Å². The molecule has 1 N–H and O–H groups in total. The van der Waals surface area contributed by atoms with Crippen LogP contribution in [0.3, 0.4) is 0 Å². The van der Waals surface area contributed by atoms with Gasteiger partial charge in [0.15, 0.2) is 0 Å². The molecule has 1 aliphatic heterocycles. The molecule has 1 saturated heterocycles. The fraction of sp³-hybridized carbons (Fsp3) is 0.389. The van der Waals surface area contributed by atoms with E-state index in [9.17, 15) is 14.4 Å². The Morgan fingerprint density at radius 1 is 1.28 bits per heavy atom. The average molecular weight is 362 g/mol. The number of amides is 1. The molecule has 25 heavy (non-hydrogen) atoms. The maximum Gasteiger partial charge on any atom is 0.328 e. The third kappa shape index (κ3) is 3.85. The molecular weight excluding hydrogens is 342 g/mol.